The Balaban J connectivity index is 2.89. The fourth-order valence-electron chi connectivity index (χ4n) is 2.33. The Hall–Kier alpha value is -1.84. The average molecular weight is 291 g/mol. The van der Waals surface area contributed by atoms with Crippen LogP contribution in [0.15, 0.2) is 24.3 Å². The first kappa shape index (κ1) is 17.2. The van der Waals surface area contributed by atoms with Crippen molar-refractivity contribution in [2.45, 2.75) is 39.5 Å². The first-order valence-electron chi connectivity index (χ1n) is 7.28. The molecule has 0 aliphatic rings. The van der Waals surface area contributed by atoms with Crippen LogP contribution in [-0.2, 0) is 21.4 Å². The lowest BCUT2D eigenvalue weighted by Crippen LogP contribution is -2.43. The predicted molar refractivity (Wildman–Crippen MR) is 83.3 cm³/mol. The third-order valence-electron chi connectivity index (χ3n) is 3.93. The number of likely N-dealkylation sites (N-methyl/N-ethyl adjacent to an activating group) is 1. The second kappa shape index (κ2) is 6.74. The van der Waals surface area contributed by atoms with Gasteiger partial charge in [0.2, 0.25) is 5.91 Å². The van der Waals surface area contributed by atoms with Crippen molar-refractivity contribution in [1.82, 2.24) is 4.90 Å². The standard InChI is InChI=1S/C17H25NO3/c1-6-13-7-9-14(10-8-13)17(3,4)16(21)18(5)11-12(2)15(19)20/h7-10,12H,6,11H2,1-5H3,(H,19,20). The van der Waals surface area contributed by atoms with Crippen LogP contribution in [0.3, 0.4) is 0 Å². The maximum atomic E-state index is 12.6. The summed E-state index contributed by atoms with van der Waals surface area (Å²) in [6, 6.07) is 8.02. The van der Waals surface area contributed by atoms with Crippen LogP contribution in [0.1, 0.15) is 38.8 Å². The maximum Gasteiger partial charge on any atom is 0.308 e. The minimum atomic E-state index is -0.889. The summed E-state index contributed by atoms with van der Waals surface area (Å²) < 4.78 is 0. The Morgan fingerprint density at radius 1 is 1.24 bits per heavy atom. The smallest absolute Gasteiger partial charge is 0.308 e. The van der Waals surface area contributed by atoms with Crippen LogP contribution in [-0.4, -0.2) is 35.5 Å². The number of aryl methyl sites for hydroxylation is 1. The highest BCUT2D eigenvalue weighted by molar-refractivity contribution is 5.87. The summed E-state index contributed by atoms with van der Waals surface area (Å²) in [6.07, 6.45) is 0.963. The number of benzene rings is 1. The van der Waals surface area contributed by atoms with E-state index < -0.39 is 17.3 Å². The van der Waals surface area contributed by atoms with Gasteiger partial charge in [-0.15, -0.1) is 0 Å². The molecule has 0 aromatic heterocycles. The second-order valence-corrected chi connectivity index (χ2v) is 6.10. The normalized spacial score (nSPS) is 12.8. The molecule has 0 bridgehead atoms. The van der Waals surface area contributed by atoms with Crippen molar-refractivity contribution in [2.75, 3.05) is 13.6 Å². The molecule has 1 N–H and O–H groups in total. The summed E-state index contributed by atoms with van der Waals surface area (Å²) in [4.78, 5) is 25.0. The van der Waals surface area contributed by atoms with E-state index in [0.29, 0.717) is 0 Å². The van der Waals surface area contributed by atoms with Crippen molar-refractivity contribution in [2.24, 2.45) is 5.92 Å². The van der Waals surface area contributed by atoms with Crippen LogP contribution in [0.4, 0.5) is 0 Å². The zero-order valence-electron chi connectivity index (χ0n) is 13.5. The third-order valence-corrected chi connectivity index (χ3v) is 3.93. The molecule has 21 heavy (non-hydrogen) atoms. The first-order valence-corrected chi connectivity index (χ1v) is 7.28. The summed E-state index contributed by atoms with van der Waals surface area (Å²) in [7, 11) is 1.66. The number of carboxylic acid groups (broad SMARTS) is 1. The molecule has 0 saturated heterocycles. The van der Waals surface area contributed by atoms with Crippen molar-refractivity contribution >= 4 is 11.9 Å². The summed E-state index contributed by atoms with van der Waals surface area (Å²) >= 11 is 0. The Kier molecular flexibility index (Phi) is 5.53. The van der Waals surface area contributed by atoms with Crippen LogP contribution in [0.25, 0.3) is 0 Å². The van der Waals surface area contributed by atoms with Crippen molar-refractivity contribution in [3.63, 3.8) is 0 Å². The van der Waals surface area contributed by atoms with Crippen LogP contribution >= 0.6 is 0 Å². The molecule has 0 aliphatic carbocycles. The van der Waals surface area contributed by atoms with E-state index in [1.54, 1.807) is 14.0 Å². The van der Waals surface area contributed by atoms with E-state index in [1.807, 2.05) is 38.1 Å². The van der Waals surface area contributed by atoms with Crippen molar-refractivity contribution in [3.8, 4) is 0 Å². The van der Waals surface area contributed by atoms with Crippen LogP contribution in [0.5, 0.6) is 0 Å². The Labute approximate surface area is 126 Å². The van der Waals surface area contributed by atoms with Gasteiger partial charge < -0.3 is 10.0 Å². The molecule has 0 heterocycles. The zero-order chi connectivity index (χ0) is 16.2. The number of rotatable bonds is 6. The Morgan fingerprint density at radius 3 is 2.19 bits per heavy atom. The summed E-state index contributed by atoms with van der Waals surface area (Å²) in [5, 5.41) is 8.95. The molecular formula is C17H25NO3. The number of amides is 1. The van der Waals surface area contributed by atoms with Gasteiger partial charge in [-0.05, 0) is 31.4 Å². The van der Waals surface area contributed by atoms with Crippen LogP contribution < -0.4 is 0 Å². The van der Waals surface area contributed by atoms with Gasteiger partial charge in [-0.1, -0.05) is 38.1 Å². The number of carbonyl (C=O) groups excluding carboxylic acids is 1. The fourth-order valence-corrected chi connectivity index (χ4v) is 2.33. The van der Waals surface area contributed by atoms with Gasteiger partial charge in [-0.2, -0.15) is 0 Å². The van der Waals surface area contributed by atoms with Crippen molar-refractivity contribution in [3.05, 3.63) is 35.4 Å². The predicted octanol–water partition coefficient (Wildman–Crippen LogP) is 2.71. The topological polar surface area (TPSA) is 57.6 Å². The number of hydrogen-bond donors (Lipinski definition) is 1. The number of aliphatic carboxylic acids is 1. The molecular weight excluding hydrogens is 266 g/mol. The molecule has 1 aromatic carbocycles. The van der Waals surface area contributed by atoms with Gasteiger partial charge in [-0.3, -0.25) is 9.59 Å². The number of carbonyl (C=O) groups is 2. The van der Waals surface area contributed by atoms with Crippen LogP contribution in [0, 0.1) is 5.92 Å². The summed E-state index contributed by atoms with van der Waals surface area (Å²) in [5.74, 6) is -1.53. The summed E-state index contributed by atoms with van der Waals surface area (Å²) in [5.41, 5.74) is 1.51. The van der Waals surface area contributed by atoms with E-state index in [9.17, 15) is 9.59 Å². The highest BCUT2D eigenvalue weighted by Crippen LogP contribution is 2.26. The van der Waals surface area contributed by atoms with Gasteiger partial charge in [0.1, 0.15) is 0 Å². The summed E-state index contributed by atoms with van der Waals surface area (Å²) in [6.45, 7) is 7.66. The first-order chi connectivity index (χ1) is 9.70. The Morgan fingerprint density at radius 2 is 1.76 bits per heavy atom. The van der Waals surface area contributed by atoms with Gasteiger partial charge in [0, 0.05) is 13.6 Å². The number of nitrogens with zero attached hydrogens (tertiary/aromatic N) is 1. The van der Waals surface area contributed by atoms with E-state index in [2.05, 4.69) is 6.92 Å². The molecule has 0 fully saturated rings. The quantitative estimate of drug-likeness (QED) is 0.876. The van der Waals surface area contributed by atoms with Gasteiger partial charge in [0.05, 0.1) is 11.3 Å². The molecule has 0 spiro atoms. The van der Waals surface area contributed by atoms with E-state index in [0.717, 1.165) is 12.0 Å². The molecule has 0 saturated carbocycles. The average Bonchev–Trinajstić information content (AvgIpc) is 2.46. The molecule has 4 nitrogen and oxygen atoms in total. The van der Waals surface area contributed by atoms with Crippen molar-refractivity contribution in [1.29, 1.82) is 0 Å². The maximum absolute atomic E-state index is 12.6. The molecule has 1 amide bonds. The van der Waals surface area contributed by atoms with E-state index in [1.165, 1.54) is 10.5 Å². The molecule has 1 rings (SSSR count). The van der Waals surface area contributed by atoms with Gasteiger partial charge in [0.15, 0.2) is 0 Å². The highest BCUT2D eigenvalue weighted by Gasteiger charge is 2.33. The molecule has 1 atom stereocenters. The van der Waals surface area contributed by atoms with E-state index in [-0.39, 0.29) is 12.5 Å². The van der Waals surface area contributed by atoms with Gasteiger partial charge in [0.25, 0.3) is 0 Å². The highest BCUT2D eigenvalue weighted by atomic mass is 16.4. The SMILES string of the molecule is CCc1ccc(C(C)(C)C(=O)N(C)CC(C)C(=O)O)cc1. The number of carboxylic acids is 1. The van der Waals surface area contributed by atoms with Gasteiger partial charge >= 0.3 is 5.97 Å². The fraction of sp³-hybridized carbons (Fsp3) is 0.529. The van der Waals surface area contributed by atoms with E-state index in [4.69, 9.17) is 5.11 Å². The lowest BCUT2D eigenvalue weighted by atomic mass is 9.82. The molecule has 116 valence electrons. The lowest BCUT2D eigenvalue weighted by Gasteiger charge is -2.30. The largest absolute Gasteiger partial charge is 0.481 e. The molecule has 4 heteroatoms. The Bertz CT molecular complexity index is 505. The molecule has 0 radical (unpaired) electrons. The van der Waals surface area contributed by atoms with Crippen LogP contribution in [0.2, 0.25) is 0 Å². The zero-order valence-corrected chi connectivity index (χ0v) is 13.5. The molecule has 1 aromatic rings. The lowest BCUT2D eigenvalue weighted by molar-refractivity contribution is -0.143. The minimum absolute atomic E-state index is 0.0696. The number of hydrogen-bond acceptors (Lipinski definition) is 2. The van der Waals surface area contributed by atoms with E-state index >= 15 is 0 Å². The second-order valence-electron chi connectivity index (χ2n) is 6.10. The minimum Gasteiger partial charge on any atom is -0.481 e. The molecule has 0 aliphatic heterocycles. The van der Waals surface area contributed by atoms with Crippen molar-refractivity contribution < 1.29 is 14.7 Å². The third kappa shape index (κ3) is 4.06. The molecule has 1 unspecified atom stereocenters. The van der Waals surface area contributed by atoms with Gasteiger partial charge in [-0.25, -0.2) is 0 Å². The monoisotopic (exact) mass is 291 g/mol.